The van der Waals surface area contributed by atoms with E-state index in [0.717, 1.165) is 13.0 Å². The third kappa shape index (κ3) is 4.28. The smallest absolute Gasteiger partial charge is 0.137 e. The third-order valence-electron chi connectivity index (χ3n) is 2.95. The van der Waals surface area contributed by atoms with Gasteiger partial charge in [0.15, 0.2) is 0 Å². The van der Waals surface area contributed by atoms with E-state index in [1.54, 1.807) is 12.7 Å². The van der Waals surface area contributed by atoms with E-state index in [2.05, 4.69) is 29.2 Å². The second kappa shape index (κ2) is 6.60. The van der Waals surface area contributed by atoms with Crippen molar-refractivity contribution in [2.45, 2.75) is 45.8 Å². The molecule has 0 aromatic carbocycles. The summed E-state index contributed by atoms with van der Waals surface area (Å²) < 4.78 is 1.83. The maximum absolute atomic E-state index is 9.04. The van der Waals surface area contributed by atoms with Crippen molar-refractivity contribution in [3.8, 4) is 0 Å². The molecule has 0 aliphatic rings. The summed E-state index contributed by atoms with van der Waals surface area (Å²) in [7, 11) is 0. The molecule has 1 rings (SSSR count). The number of hydrogen-bond donors (Lipinski definition) is 2. The highest BCUT2D eigenvalue weighted by Crippen LogP contribution is 2.04. The summed E-state index contributed by atoms with van der Waals surface area (Å²) in [6.45, 7) is 7.39. The van der Waals surface area contributed by atoms with Crippen molar-refractivity contribution in [2.75, 3.05) is 6.61 Å². The lowest BCUT2D eigenvalue weighted by Gasteiger charge is -2.24. The molecule has 3 atom stereocenters. The van der Waals surface area contributed by atoms with Crippen LogP contribution in [0, 0.1) is 5.92 Å². The fourth-order valence-corrected chi connectivity index (χ4v) is 1.53. The molecule has 0 aliphatic heterocycles. The zero-order valence-electron chi connectivity index (χ0n) is 10.3. The van der Waals surface area contributed by atoms with Crippen molar-refractivity contribution in [1.29, 1.82) is 0 Å². The Morgan fingerprint density at radius 1 is 1.38 bits per heavy atom. The Hall–Kier alpha value is -0.940. The lowest BCUT2D eigenvalue weighted by atomic mass is 10.0. The predicted molar refractivity (Wildman–Crippen MR) is 62.9 cm³/mol. The highest BCUT2D eigenvalue weighted by atomic mass is 16.3. The van der Waals surface area contributed by atoms with Crippen LogP contribution in [-0.2, 0) is 6.54 Å². The quantitative estimate of drug-likeness (QED) is 0.717. The van der Waals surface area contributed by atoms with E-state index < -0.39 is 0 Å². The monoisotopic (exact) mass is 226 g/mol. The molecule has 1 aromatic heterocycles. The van der Waals surface area contributed by atoms with Crippen LogP contribution in [0.4, 0.5) is 0 Å². The maximum atomic E-state index is 9.04. The molecule has 3 unspecified atom stereocenters. The predicted octanol–water partition coefficient (Wildman–Crippen LogP) is 0.663. The van der Waals surface area contributed by atoms with E-state index in [1.165, 1.54) is 0 Å². The Morgan fingerprint density at radius 3 is 2.69 bits per heavy atom. The van der Waals surface area contributed by atoms with Crippen molar-refractivity contribution in [2.24, 2.45) is 5.92 Å². The molecule has 1 aromatic rings. The minimum atomic E-state index is 0.226. The Bertz CT molecular complexity index is 276. The van der Waals surface area contributed by atoms with E-state index in [4.69, 9.17) is 5.11 Å². The average molecular weight is 226 g/mol. The fraction of sp³-hybridized carbons (Fsp3) is 0.818. The van der Waals surface area contributed by atoms with Gasteiger partial charge in [-0.25, -0.2) is 4.98 Å². The molecule has 5 heteroatoms. The molecule has 0 saturated carbocycles. The second-order valence-corrected chi connectivity index (χ2v) is 4.46. The standard InChI is InChI=1S/C11H22N4O/c1-9(6-16)11(3)14-10(2)4-5-15-8-12-7-13-15/h7-11,14,16H,4-6H2,1-3H3. The molecule has 0 fully saturated rings. The van der Waals surface area contributed by atoms with Crippen molar-refractivity contribution < 1.29 is 5.11 Å². The molecule has 5 nitrogen and oxygen atoms in total. The molecule has 0 radical (unpaired) electrons. The molecular weight excluding hydrogens is 204 g/mol. The Labute approximate surface area is 96.9 Å². The van der Waals surface area contributed by atoms with Crippen molar-refractivity contribution in [1.82, 2.24) is 20.1 Å². The normalized spacial score (nSPS) is 17.0. The van der Waals surface area contributed by atoms with E-state index in [0.29, 0.717) is 12.1 Å². The molecule has 0 aliphatic carbocycles. The van der Waals surface area contributed by atoms with Crippen LogP contribution in [0.5, 0.6) is 0 Å². The van der Waals surface area contributed by atoms with Crippen molar-refractivity contribution in [3.63, 3.8) is 0 Å². The molecule has 2 N–H and O–H groups in total. The molecule has 92 valence electrons. The molecule has 0 spiro atoms. The zero-order chi connectivity index (χ0) is 12.0. The van der Waals surface area contributed by atoms with Crippen LogP contribution in [0.15, 0.2) is 12.7 Å². The summed E-state index contributed by atoms with van der Waals surface area (Å²) in [6, 6.07) is 0.740. The van der Waals surface area contributed by atoms with Gasteiger partial charge in [-0.05, 0) is 26.2 Å². The van der Waals surface area contributed by atoms with Gasteiger partial charge in [0.25, 0.3) is 0 Å². The van der Waals surface area contributed by atoms with Crippen LogP contribution in [0.3, 0.4) is 0 Å². The van der Waals surface area contributed by atoms with Crippen LogP contribution in [0.2, 0.25) is 0 Å². The van der Waals surface area contributed by atoms with E-state index in [1.807, 2.05) is 11.6 Å². The summed E-state index contributed by atoms with van der Waals surface area (Å²) >= 11 is 0. The second-order valence-electron chi connectivity index (χ2n) is 4.46. The van der Waals surface area contributed by atoms with Crippen LogP contribution in [-0.4, -0.2) is 38.6 Å². The lowest BCUT2D eigenvalue weighted by Crippen LogP contribution is -2.40. The Balaban J connectivity index is 2.22. The number of aliphatic hydroxyl groups excluding tert-OH is 1. The molecule has 0 amide bonds. The molecular formula is C11H22N4O. The van der Waals surface area contributed by atoms with E-state index in [-0.39, 0.29) is 12.5 Å². The zero-order valence-corrected chi connectivity index (χ0v) is 10.3. The summed E-state index contributed by atoms with van der Waals surface area (Å²) in [5.41, 5.74) is 0. The van der Waals surface area contributed by atoms with Gasteiger partial charge in [0.1, 0.15) is 12.7 Å². The van der Waals surface area contributed by atoms with Gasteiger partial charge in [0.2, 0.25) is 0 Å². The Kier molecular flexibility index (Phi) is 5.42. The average Bonchev–Trinajstić information content (AvgIpc) is 2.78. The fourth-order valence-electron chi connectivity index (χ4n) is 1.53. The first-order valence-electron chi connectivity index (χ1n) is 5.82. The lowest BCUT2D eigenvalue weighted by molar-refractivity contribution is 0.200. The summed E-state index contributed by atoms with van der Waals surface area (Å²) in [6.07, 6.45) is 4.28. The molecule has 0 saturated heterocycles. The molecule has 16 heavy (non-hydrogen) atoms. The van der Waals surface area contributed by atoms with E-state index >= 15 is 0 Å². The summed E-state index contributed by atoms with van der Waals surface area (Å²) in [5, 5.41) is 16.6. The summed E-state index contributed by atoms with van der Waals surface area (Å²) in [5.74, 6) is 0.286. The number of nitrogens with one attached hydrogen (secondary N) is 1. The van der Waals surface area contributed by atoms with Crippen LogP contribution < -0.4 is 5.32 Å². The van der Waals surface area contributed by atoms with Gasteiger partial charge in [-0.1, -0.05) is 6.92 Å². The number of nitrogens with zero attached hydrogens (tertiary/aromatic N) is 3. The van der Waals surface area contributed by atoms with Gasteiger partial charge < -0.3 is 10.4 Å². The van der Waals surface area contributed by atoms with Gasteiger partial charge in [-0.3, -0.25) is 4.68 Å². The SMILES string of the molecule is CC(CCn1cncn1)NC(C)C(C)CO. The summed E-state index contributed by atoms with van der Waals surface area (Å²) in [4.78, 5) is 3.90. The first-order valence-corrected chi connectivity index (χ1v) is 5.82. The highest BCUT2D eigenvalue weighted by Gasteiger charge is 2.13. The van der Waals surface area contributed by atoms with Gasteiger partial charge in [-0.15, -0.1) is 0 Å². The van der Waals surface area contributed by atoms with Crippen molar-refractivity contribution >= 4 is 0 Å². The number of aromatic nitrogens is 3. The number of rotatable bonds is 7. The molecule has 0 bridgehead atoms. The highest BCUT2D eigenvalue weighted by molar-refractivity contribution is 4.72. The Morgan fingerprint density at radius 2 is 2.12 bits per heavy atom. The minimum absolute atomic E-state index is 0.226. The number of aryl methyl sites for hydroxylation is 1. The van der Waals surface area contributed by atoms with Gasteiger partial charge in [0, 0.05) is 25.2 Å². The van der Waals surface area contributed by atoms with Crippen LogP contribution in [0.25, 0.3) is 0 Å². The van der Waals surface area contributed by atoms with E-state index in [9.17, 15) is 0 Å². The third-order valence-corrected chi connectivity index (χ3v) is 2.95. The van der Waals surface area contributed by atoms with Gasteiger partial charge >= 0.3 is 0 Å². The minimum Gasteiger partial charge on any atom is -0.396 e. The first-order chi connectivity index (χ1) is 7.63. The first kappa shape index (κ1) is 13.1. The van der Waals surface area contributed by atoms with Gasteiger partial charge in [-0.2, -0.15) is 5.10 Å². The van der Waals surface area contributed by atoms with Crippen LogP contribution in [0.1, 0.15) is 27.2 Å². The number of aliphatic hydroxyl groups is 1. The maximum Gasteiger partial charge on any atom is 0.137 e. The number of hydrogen-bond acceptors (Lipinski definition) is 4. The van der Waals surface area contributed by atoms with Crippen molar-refractivity contribution in [3.05, 3.63) is 12.7 Å². The van der Waals surface area contributed by atoms with Gasteiger partial charge in [0.05, 0.1) is 0 Å². The molecule has 1 heterocycles. The topological polar surface area (TPSA) is 63.0 Å². The largest absolute Gasteiger partial charge is 0.396 e. The van der Waals surface area contributed by atoms with Crippen LogP contribution >= 0.6 is 0 Å².